The zero-order valence-electron chi connectivity index (χ0n) is 38.5. The molecule has 1 saturated heterocycles. The molecule has 4 unspecified atom stereocenters. The Morgan fingerprint density at radius 2 is 1.83 bits per heavy atom. The summed E-state index contributed by atoms with van der Waals surface area (Å²) >= 11 is 0. The average molecular weight is 647 g/mol. The molecule has 2 aromatic carbocycles. The largest absolute Gasteiger partial charge is 0.497 e. The summed E-state index contributed by atoms with van der Waals surface area (Å²) in [7, 11) is -2.86. The number of carboxylic acids is 1. The molecule has 0 aliphatic carbocycles. The third-order valence-electron chi connectivity index (χ3n) is 9.11. The summed E-state index contributed by atoms with van der Waals surface area (Å²) in [4.78, 5) is 30.4. The zero-order chi connectivity index (χ0) is 42.8. The number of nitrogens with zero attached hydrogens (tertiary/aromatic N) is 2. The Balaban J connectivity index is 2.09. The van der Waals surface area contributed by atoms with Crippen molar-refractivity contribution in [1.82, 2.24) is 9.80 Å². The summed E-state index contributed by atoms with van der Waals surface area (Å²) in [6.45, 7) is 6.34. The van der Waals surface area contributed by atoms with Crippen LogP contribution in [0.1, 0.15) is 117 Å². The van der Waals surface area contributed by atoms with Gasteiger partial charge < -0.3 is 24.2 Å². The van der Waals surface area contributed by atoms with Gasteiger partial charge in [0.05, 0.1) is 33.2 Å². The number of carbonyl (C=O) groups excluding carboxylic acids is 1. The second kappa shape index (κ2) is 13.8. The van der Waals surface area contributed by atoms with Crippen molar-refractivity contribution in [3.63, 3.8) is 0 Å². The highest BCUT2D eigenvalue weighted by Crippen LogP contribution is 2.60. The fraction of sp³-hybridized carbons (Fsp3) is 0.632. The van der Waals surface area contributed by atoms with Gasteiger partial charge in [-0.25, -0.2) is 0 Å². The summed E-state index contributed by atoms with van der Waals surface area (Å²) in [5, 5.41) is 11.4. The number of carbonyl (C=O) groups is 2. The molecule has 2 aromatic rings. The van der Waals surface area contributed by atoms with Crippen LogP contribution < -0.4 is 14.2 Å². The molecular formula is C38H56N2O6. The third kappa shape index (κ3) is 6.73. The number of fused-ring (bicyclic) bond motifs is 1. The maximum absolute atomic E-state index is 15.0. The van der Waals surface area contributed by atoms with Crippen molar-refractivity contribution >= 4 is 11.9 Å². The van der Waals surface area contributed by atoms with Gasteiger partial charge in [-0.3, -0.25) is 14.5 Å². The van der Waals surface area contributed by atoms with Gasteiger partial charge in [-0.1, -0.05) is 65.6 Å². The third-order valence-corrected chi connectivity index (χ3v) is 9.11. The van der Waals surface area contributed by atoms with Crippen LogP contribution in [0.5, 0.6) is 17.2 Å². The van der Waals surface area contributed by atoms with E-state index in [1.165, 1.54) is 31.2 Å². The van der Waals surface area contributed by atoms with Crippen LogP contribution in [0.4, 0.5) is 0 Å². The highest BCUT2D eigenvalue weighted by molar-refractivity contribution is 5.82. The number of hydrogen-bond acceptors (Lipinski definition) is 6. The number of aliphatic carboxylic acids is 1. The van der Waals surface area contributed by atoms with Gasteiger partial charge in [-0.2, -0.15) is 0 Å². The Labute approximate surface area is 290 Å². The number of benzene rings is 2. The van der Waals surface area contributed by atoms with Crippen molar-refractivity contribution in [1.29, 1.82) is 0 Å². The van der Waals surface area contributed by atoms with Crippen molar-refractivity contribution in [3.05, 3.63) is 53.1 Å². The van der Waals surface area contributed by atoms with E-state index in [1.807, 2.05) is 6.92 Å². The SMILES string of the molecule is [2H]C(C)CC(C)CN(C(=O)C([2H])([2H])N1C([2H])([2H])[C@](C)(c2ccc3c(c2C)OC(C)(C)O3)[C@@](C)(C(=O)O)[C@]1([2H])c1ccc(OC([2H])([2H])[2H])cc1)C([2H])C(C)CCC. The van der Waals surface area contributed by atoms with Crippen LogP contribution in [0.3, 0.4) is 0 Å². The first-order valence-electron chi connectivity index (χ1n) is 21.1. The summed E-state index contributed by atoms with van der Waals surface area (Å²) in [5.41, 5.74) is -4.91. The van der Waals surface area contributed by atoms with Gasteiger partial charge in [0, 0.05) is 44.3 Å². The van der Waals surface area contributed by atoms with Crippen LogP contribution in [0, 0.1) is 24.2 Å². The fourth-order valence-corrected chi connectivity index (χ4v) is 6.65. The first-order valence-corrected chi connectivity index (χ1v) is 16.0. The van der Waals surface area contributed by atoms with Crippen LogP contribution in [-0.4, -0.2) is 65.7 Å². The van der Waals surface area contributed by atoms with Crippen molar-refractivity contribution in [2.24, 2.45) is 17.3 Å². The molecular weight excluding hydrogens is 580 g/mol. The van der Waals surface area contributed by atoms with E-state index >= 15 is 0 Å². The average Bonchev–Trinajstić information content (AvgIpc) is 3.44. The molecule has 2 heterocycles. The van der Waals surface area contributed by atoms with Gasteiger partial charge in [0.15, 0.2) is 11.5 Å². The summed E-state index contributed by atoms with van der Waals surface area (Å²) in [5.74, 6) is -4.62. The van der Waals surface area contributed by atoms with Crippen molar-refractivity contribution < 1.29 is 42.6 Å². The Bertz CT molecular complexity index is 1790. The smallest absolute Gasteiger partial charge is 0.312 e. The maximum Gasteiger partial charge on any atom is 0.312 e. The molecule has 0 aromatic heterocycles. The highest BCUT2D eigenvalue weighted by Gasteiger charge is 2.64. The normalized spacial score (nSPS) is 32.7. The van der Waals surface area contributed by atoms with Gasteiger partial charge >= 0.3 is 5.97 Å². The monoisotopic (exact) mass is 646 g/mol. The molecule has 0 bridgehead atoms. The topological polar surface area (TPSA) is 88.5 Å². The van der Waals surface area contributed by atoms with Crippen molar-refractivity contribution in [2.75, 3.05) is 33.1 Å². The number of hydrogen-bond donors (Lipinski definition) is 1. The van der Waals surface area contributed by atoms with Crippen LogP contribution in [0.2, 0.25) is 0 Å². The number of methoxy groups -OCH3 is 1. The number of rotatable bonds is 14. The molecule has 0 saturated carbocycles. The Morgan fingerprint density at radius 1 is 1.13 bits per heavy atom. The Kier molecular flexibility index (Phi) is 7.21. The number of ether oxygens (including phenoxy) is 3. The molecule has 4 rings (SSSR count). The lowest BCUT2D eigenvalue weighted by Gasteiger charge is -2.41. The molecule has 2 aliphatic rings. The second-order valence-electron chi connectivity index (χ2n) is 13.4. The van der Waals surface area contributed by atoms with E-state index in [0.29, 0.717) is 29.9 Å². The molecule has 1 amide bonds. The van der Waals surface area contributed by atoms with E-state index in [-0.39, 0.29) is 40.7 Å². The second-order valence-corrected chi connectivity index (χ2v) is 13.4. The molecule has 2 aliphatic heterocycles. The summed E-state index contributed by atoms with van der Waals surface area (Å²) < 4.78 is 106. The first kappa shape index (κ1) is 24.0. The summed E-state index contributed by atoms with van der Waals surface area (Å²) in [6, 6.07) is 4.68. The lowest BCUT2D eigenvalue weighted by molar-refractivity contribution is -0.153. The maximum atomic E-state index is 15.0. The van der Waals surface area contributed by atoms with Gasteiger partial charge in [-0.05, 0) is 73.4 Å². The minimum Gasteiger partial charge on any atom is -0.497 e. The minimum absolute atomic E-state index is 0.0574. The number of amides is 1. The molecule has 0 radical (unpaired) electrons. The molecule has 7 atom stereocenters. The zero-order valence-corrected chi connectivity index (χ0v) is 28.5. The molecule has 1 fully saturated rings. The first-order chi connectivity index (χ1) is 25.5. The number of likely N-dealkylation sites (tertiary alicyclic amines) is 1. The van der Waals surface area contributed by atoms with E-state index in [2.05, 4.69) is 0 Å². The van der Waals surface area contributed by atoms with E-state index in [1.54, 1.807) is 41.5 Å². The molecule has 8 nitrogen and oxygen atoms in total. The number of carboxylic acid groups (broad SMARTS) is 1. The molecule has 46 heavy (non-hydrogen) atoms. The van der Waals surface area contributed by atoms with E-state index in [9.17, 15) is 22.9 Å². The van der Waals surface area contributed by atoms with Crippen molar-refractivity contribution in [3.8, 4) is 17.2 Å². The van der Waals surface area contributed by atoms with Gasteiger partial charge in [-0.15, -0.1) is 0 Å². The Hall–Kier alpha value is -3.26. The van der Waals surface area contributed by atoms with E-state index < -0.39 is 73.4 Å². The van der Waals surface area contributed by atoms with Gasteiger partial charge in [0.25, 0.3) is 0 Å². The van der Waals surface area contributed by atoms with Gasteiger partial charge in [0.2, 0.25) is 11.7 Å². The molecule has 0 spiro atoms. The lowest BCUT2D eigenvalue weighted by atomic mass is 9.59. The highest BCUT2D eigenvalue weighted by atomic mass is 16.7. The van der Waals surface area contributed by atoms with Crippen LogP contribution in [0.15, 0.2) is 36.4 Å². The summed E-state index contributed by atoms with van der Waals surface area (Å²) in [6.07, 6.45) is 0.957. The molecule has 8 heteroatoms. The Morgan fingerprint density at radius 3 is 2.43 bits per heavy atom. The predicted octanol–water partition coefficient (Wildman–Crippen LogP) is 7.62. The standard InChI is InChI=1S/C38H56N2O6/c1-11-13-25(3)21-39(22-26(4)14-12-2)32(41)23-40-24-37(8,30-19-20-31-33(27(30)5)46-36(6,7)45-31)38(9,35(42)43)34(40)28-15-17-29(44-10)18-16-28/h15-20,25-26,34H,11-14,21-24H2,1-10H3,(H,42,43)/t25?,26?,34-,37+,38+/m0/s1/i10D3,11D,22D,23D2,24D2,34D/t11?,22?,25?,26?,34-,37+,38+. The van der Waals surface area contributed by atoms with Crippen LogP contribution in [0.25, 0.3) is 0 Å². The molecule has 254 valence electrons. The fourth-order valence-electron chi connectivity index (χ4n) is 6.65. The van der Waals surface area contributed by atoms with E-state index in [4.69, 9.17) is 19.7 Å². The molecule has 1 N–H and O–H groups in total. The predicted molar refractivity (Wildman–Crippen MR) is 182 cm³/mol. The van der Waals surface area contributed by atoms with Crippen LogP contribution in [-0.2, 0) is 15.0 Å². The lowest BCUT2D eigenvalue weighted by Crippen LogP contribution is -2.48. The van der Waals surface area contributed by atoms with Gasteiger partial charge in [0.1, 0.15) is 5.75 Å². The van der Waals surface area contributed by atoms with Crippen molar-refractivity contribution in [2.45, 2.75) is 105 Å². The minimum atomic E-state index is -3.49. The van der Waals surface area contributed by atoms with E-state index in [0.717, 1.165) is 24.0 Å². The quantitative estimate of drug-likeness (QED) is 0.226. The van der Waals surface area contributed by atoms with Crippen LogP contribution >= 0.6 is 0 Å².